The number of benzene rings is 1. The first-order chi connectivity index (χ1) is 9.06. The molecule has 0 aliphatic carbocycles. The highest BCUT2D eigenvalue weighted by molar-refractivity contribution is 9.10. The maximum atomic E-state index is 12.2. The fourth-order valence-electron chi connectivity index (χ4n) is 1.61. The van der Waals surface area contributed by atoms with Gasteiger partial charge < -0.3 is 10.1 Å². The van der Waals surface area contributed by atoms with Crippen molar-refractivity contribution in [3.8, 4) is 5.75 Å². The fourth-order valence-corrected chi connectivity index (χ4v) is 2.67. The van der Waals surface area contributed by atoms with Gasteiger partial charge in [0.2, 0.25) is 0 Å². The molecule has 0 saturated heterocycles. The van der Waals surface area contributed by atoms with Crippen LogP contribution in [0, 0.1) is 0 Å². The average Bonchev–Trinajstić information content (AvgIpc) is 2.80. The molecule has 1 N–H and O–H groups in total. The molecule has 1 heterocycles. The minimum absolute atomic E-state index is 0.0130. The molecule has 2 rings (SSSR count). The van der Waals surface area contributed by atoms with Gasteiger partial charge in [-0.25, -0.2) is 0 Å². The van der Waals surface area contributed by atoms with Crippen LogP contribution in [0.1, 0.15) is 24.2 Å². The molecule has 102 valence electrons. The topological polar surface area (TPSA) is 50.7 Å². The number of hydrogen-bond donors (Lipinski definition) is 1. The number of aliphatic imine (C=N–C) groups is 1. The number of carbonyl (C=O) groups is 1. The lowest BCUT2D eigenvalue weighted by Crippen LogP contribution is -2.28. The minimum Gasteiger partial charge on any atom is -0.490 e. The van der Waals surface area contributed by atoms with Crippen LogP contribution >= 0.6 is 27.7 Å². The molecule has 0 unspecified atom stereocenters. The minimum atomic E-state index is -0.184. The van der Waals surface area contributed by atoms with E-state index in [9.17, 15) is 4.79 Å². The van der Waals surface area contributed by atoms with Crippen LogP contribution in [0.4, 0.5) is 0 Å². The zero-order valence-electron chi connectivity index (χ0n) is 10.8. The first-order valence-electron chi connectivity index (χ1n) is 6.01. The van der Waals surface area contributed by atoms with Crippen LogP contribution in [-0.4, -0.2) is 29.5 Å². The number of carbonyl (C=O) groups excluding carboxylic acids is 1. The smallest absolute Gasteiger partial charge is 0.260 e. The van der Waals surface area contributed by atoms with Crippen LogP contribution in [-0.2, 0) is 0 Å². The summed E-state index contributed by atoms with van der Waals surface area (Å²) in [6.45, 7) is 4.62. The summed E-state index contributed by atoms with van der Waals surface area (Å²) in [6, 6.07) is 5.38. The van der Waals surface area contributed by atoms with E-state index in [0.717, 1.165) is 16.8 Å². The van der Waals surface area contributed by atoms with Crippen molar-refractivity contribution < 1.29 is 9.53 Å². The van der Waals surface area contributed by atoms with Crippen molar-refractivity contribution in [2.45, 2.75) is 20.0 Å². The number of thioether (sulfide) groups is 1. The van der Waals surface area contributed by atoms with Crippen LogP contribution in [0.15, 0.2) is 27.7 Å². The van der Waals surface area contributed by atoms with E-state index in [-0.39, 0.29) is 12.0 Å². The van der Waals surface area contributed by atoms with Gasteiger partial charge in [-0.2, -0.15) is 0 Å². The number of hydrogen-bond acceptors (Lipinski definition) is 4. The monoisotopic (exact) mass is 342 g/mol. The molecule has 0 spiro atoms. The van der Waals surface area contributed by atoms with Crippen LogP contribution in [0.5, 0.6) is 5.75 Å². The van der Waals surface area contributed by atoms with E-state index in [2.05, 4.69) is 26.2 Å². The van der Waals surface area contributed by atoms with Crippen molar-refractivity contribution >= 4 is 38.8 Å². The number of nitrogens with one attached hydrogen (secondary N) is 1. The normalized spacial score (nSPS) is 14.4. The molecule has 0 saturated carbocycles. The molecular weight excluding hydrogens is 328 g/mol. The third-order valence-corrected chi connectivity index (χ3v) is 3.74. The van der Waals surface area contributed by atoms with Gasteiger partial charge in [0.25, 0.3) is 5.91 Å². The van der Waals surface area contributed by atoms with Crippen LogP contribution in [0.25, 0.3) is 0 Å². The van der Waals surface area contributed by atoms with E-state index >= 15 is 0 Å². The summed E-state index contributed by atoms with van der Waals surface area (Å²) >= 11 is 4.94. The first kappa shape index (κ1) is 14.4. The molecule has 0 bridgehead atoms. The lowest BCUT2D eigenvalue weighted by molar-refractivity contribution is 0.0972. The first-order valence-corrected chi connectivity index (χ1v) is 7.79. The zero-order valence-corrected chi connectivity index (χ0v) is 13.2. The number of nitrogens with zero attached hydrogens (tertiary/aromatic N) is 1. The predicted molar refractivity (Wildman–Crippen MR) is 82.1 cm³/mol. The Balaban J connectivity index is 2.19. The molecular formula is C13H15BrN2O2S. The maximum Gasteiger partial charge on any atom is 0.260 e. The Morgan fingerprint density at radius 1 is 1.53 bits per heavy atom. The van der Waals surface area contributed by atoms with Crippen molar-refractivity contribution in [3.05, 3.63) is 28.2 Å². The second-order valence-corrected chi connectivity index (χ2v) is 6.30. The molecule has 0 atom stereocenters. The zero-order chi connectivity index (χ0) is 13.8. The van der Waals surface area contributed by atoms with E-state index in [4.69, 9.17) is 4.74 Å². The van der Waals surface area contributed by atoms with E-state index < -0.39 is 0 Å². The van der Waals surface area contributed by atoms with Crippen molar-refractivity contribution in [2.75, 3.05) is 12.3 Å². The van der Waals surface area contributed by atoms with Crippen molar-refractivity contribution in [2.24, 2.45) is 4.99 Å². The van der Waals surface area contributed by atoms with E-state index in [1.165, 1.54) is 0 Å². The number of rotatable bonds is 3. The number of amidine groups is 1. The highest BCUT2D eigenvalue weighted by Gasteiger charge is 2.17. The van der Waals surface area contributed by atoms with Gasteiger partial charge in [0.05, 0.1) is 18.2 Å². The molecule has 0 aromatic heterocycles. The summed E-state index contributed by atoms with van der Waals surface area (Å²) in [5.74, 6) is 1.31. The van der Waals surface area contributed by atoms with E-state index in [1.807, 2.05) is 19.9 Å². The highest BCUT2D eigenvalue weighted by atomic mass is 79.9. The Morgan fingerprint density at radius 2 is 2.32 bits per heavy atom. The summed E-state index contributed by atoms with van der Waals surface area (Å²) < 4.78 is 6.56. The molecule has 6 heteroatoms. The van der Waals surface area contributed by atoms with E-state index in [0.29, 0.717) is 16.5 Å². The Bertz CT molecular complexity index is 517. The third kappa shape index (κ3) is 3.98. The number of halogens is 1. The number of ether oxygens (including phenoxy) is 1. The van der Waals surface area contributed by atoms with Crippen LogP contribution in [0.3, 0.4) is 0 Å². The van der Waals surface area contributed by atoms with Crippen LogP contribution in [0.2, 0.25) is 0 Å². The summed E-state index contributed by atoms with van der Waals surface area (Å²) in [5, 5.41) is 3.49. The van der Waals surface area contributed by atoms with E-state index in [1.54, 1.807) is 23.9 Å². The van der Waals surface area contributed by atoms with Gasteiger partial charge in [0.15, 0.2) is 5.17 Å². The maximum absolute atomic E-state index is 12.2. The molecule has 1 aromatic rings. The second-order valence-electron chi connectivity index (χ2n) is 4.30. The van der Waals surface area contributed by atoms with Gasteiger partial charge in [0, 0.05) is 10.2 Å². The Labute approximate surface area is 125 Å². The van der Waals surface area contributed by atoms with Crippen molar-refractivity contribution in [3.63, 3.8) is 0 Å². The van der Waals surface area contributed by atoms with Gasteiger partial charge in [-0.05, 0) is 32.0 Å². The Kier molecular flexibility index (Phi) is 4.87. The molecule has 19 heavy (non-hydrogen) atoms. The molecule has 1 amide bonds. The SMILES string of the molecule is CC(C)Oc1cc(Br)ccc1C(=O)NC1=NCCS1. The largest absolute Gasteiger partial charge is 0.490 e. The molecule has 4 nitrogen and oxygen atoms in total. The Hall–Kier alpha value is -1.01. The predicted octanol–water partition coefficient (Wildman–Crippen LogP) is 3.07. The highest BCUT2D eigenvalue weighted by Crippen LogP contribution is 2.25. The number of amides is 1. The summed E-state index contributed by atoms with van der Waals surface area (Å²) in [5.41, 5.74) is 0.520. The quantitative estimate of drug-likeness (QED) is 0.918. The Morgan fingerprint density at radius 3 is 2.95 bits per heavy atom. The molecule has 1 aliphatic heterocycles. The summed E-state index contributed by atoms with van der Waals surface area (Å²) in [6.07, 6.45) is 0.0130. The lowest BCUT2D eigenvalue weighted by Gasteiger charge is -2.14. The van der Waals surface area contributed by atoms with Gasteiger partial charge in [-0.15, -0.1) is 0 Å². The van der Waals surface area contributed by atoms with Crippen LogP contribution < -0.4 is 10.1 Å². The van der Waals surface area contributed by atoms with Crippen molar-refractivity contribution in [1.29, 1.82) is 0 Å². The van der Waals surface area contributed by atoms with Gasteiger partial charge in [0.1, 0.15) is 5.75 Å². The van der Waals surface area contributed by atoms with Crippen molar-refractivity contribution in [1.82, 2.24) is 5.32 Å². The molecule has 1 aliphatic rings. The summed E-state index contributed by atoms with van der Waals surface area (Å²) in [4.78, 5) is 16.4. The molecule has 1 aromatic carbocycles. The fraction of sp³-hybridized carbons (Fsp3) is 0.385. The average molecular weight is 343 g/mol. The van der Waals surface area contributed by atoms with Gasteiger partial charge in [-0.1, -0.05) is 27.7 Å². The van der Waals surface area contributed by atoms with Gasteiger partial charge in [-0.3, -0.25) is 9.79 Å². The molecule has 0 fully saturated rings. The second kappa shape index (κ2) is 6.43. The standard InChI is InChI=1S/C13H15BrN2O2S/c1-8(2)18-11-7-9(14)3-4-10(11)12(17)16-13-15-5-6-19-13/h3-4,7-8H,5-6H2,1-2H3,(H,15,16,17). The lowest BCUT2D eigenvalue weighted by atomic mass is 10.2. The summed E-state index contributed by atoms with van der Waals surface area (Å²) in [7, 11) is 0. The molecule has 0 radical (unpaired) electrons. The third-order valence-electron chi connectivity index (χ3n) is 2.36. The van der Waals surface area contributed by atoms with Gasteiger partial charge >= 0.3 is 0 Å².